The maximum absolute atomic E-state index is 11.9. The van der Waals surface area contributed by atoms with Crippen molar-refractivity contribution in [3.63, 3.8) is 0 Å². The van der Waals surface area contributed by atoms with E-state index in [1.54, 1.807) is 24.3 Å². The summed E-state index contributed by atoms with van der Waals surface area (Å²) < 4.78 is 0. The van der Waals surface area contributed by atoms with Crippen molar-refractivity contribution in [2.24, 2.45) is 11.3 Å². The van der Waals surface area contributed by atoms with E-state index in [2.05, 4.69) is 56.5 Å². The van der Waals surface area contributed by atoms with E-state index < -0.39 is 17.4 Å². The second kappa shape index (κ2) is 21.6. The van der Waals surface area contributed by atoms with Crippen LogP contribution in [0, 0.1) is 11.3 Å². The van der Waals surface area contributed by atoms with Crippen molar-refractivity contribution in [2.45, 2.75) is 168 Å². The molecule has 2 aliphatic carbocycles. The lowest BCUT2D eigenvalue weighted by atomic mass is 9.50. The molecule has 1 fully saturated rings. The number of carbonyl (C=O) groups is 2. The number of thiocarbonyl (C=S) groups is 1. The highest BCUT2D eigenvalue weighted by Gasteiger charge is 2.55. The first-order valence-corrected chi connectivity index (χ1v) is 20.6. The van der Waals surface area contributed by atoms with Crippen LogP contribution in [0.25, 0.3) is 0 Å². The van der Waals surface area contributed by atoms with Gasteiger partial charge in [0.25, 0.3) is 0 Å². The van der Waals surface area contributed by atoms with Gasteiger partial charge in [0.05, 0.1) is 11.0 Å². The van der Waals surface area contributed by atoms with Crippen LogP contribution in [0.2, 0.25) is 0 Å². The molecular weight excluding hydrogens is 653 g/mol. The zero-order valence-electron chi connectivity index (χ0n) is 32.5. The smallest absolute Gasteiger partial charge is 0.335 e. The molecule has 0 radical (unpaired) electrons. The van der Waals surface area contributed by atoms with Gasteiger partial charge in [-0.1, -0.05) is 136 Å². The van der Waals surface area contributed by atoms with Crippen LogP contribution in [0.5, 0.6) is 0 Å². The molecule has 2 aromatic rings. The first-order valence-electron chi connectivity index (χ1n) is 20.2. The number of benzene rings is 2. The third-order valence-corrected chi connectivity index (χ3v) is 12.0. The van der Waals surface area contributed by atoms with Crippen molar-refractivity contribution in [2.75, 3.05) is 11.9 Å². The molecule has 2 aliphatic rings. The summed E-state index contributed by atoms with van der Waals surface area (Å²) in [5.74, 6) is -0.726. The Balaban J connectivity index is 0.000000284. The van der Waals surface area contributed by atoms with Crippen LogP contribution in [0.1, 0.15) is 183 Å². The number of hydrogen-bond donors (Lipinski definition) is 4. The number of carboxylic acids is 2. The third kappa shape index (κ3) is 12.9. The summed E-state index contributed by atoms with van der Waals surface area (Å²) in [5.41, 5.74) is 4.80. The van der Waals surface area contributed by atoms with Crippen molar-refractivity contribution in [3.05, 3.63) is 64.7 Å². The SMILES string of the molecule is CC(C)c1ccc2c(c1)CC[C@H]1[C@@](C)(C(=O)O)CCC[C@]21C.CCCCCCCCCCCCCCCCNC(=S)Nc1ccc(C(=O)O)cc1. The van der Waals surface area contributed by atoms with Crippen LogP contribution >= 0.6 is 12.2 Å². The van der Waals surface area contributed by atoms with Crippen LogP contribution in [0.4, 0.5) is 5.69 Å². The van der Waals surface area contributed by atoms with E-state index in [0.717, 1.165) is 50.8 Å². The molecule has 0 aliphatic heterocycles. The molecule has 0 heterocycles. The number of aliphatic carboxylic acids is 1. The van der Waals surface area contributed by atoms with E-state index in [0.29, 0.717) is 11.0 Å². The molecular formula is C44H68N2O4S. The number of unbranched alkanes of at least 4 members (excludes halogenated alkanes) is 13. The maximum Gasteiger partial charge on any atom is 0.335 e. The lowest BCUT2D eigenvalue weighted by Gasteiger charge is -2.53. The van der Waals surface area contributed by atoms with Gasteiger partial charge in [-0.25, -0.2) is 4.79 Å². The molecule has 7 heteroatoms. The molecule has 0 aromatic heterocycles. The molecule has 0 spiro atoms. The Hall–Kier alpha value is -2.93. The number of hydrogen-bond acceptors (Lipinski definition) is 3. The molecule has 2 aromatic carbocycles. The van der Waals surface area contributed by atoms with Gasteiger partial charge in [0.1, 0.15) is 0 Å². The standard InChI is InChI=1S/C24H40N2O2S.C20H28O2/c1-2-3-4-5-6-7-8-9-10-11-12-13-14-15-20-25-24(29)26-22-18-16-21(17-19-22)23(27)28;1-13(2)14-6-8-16-15(12-14)7-9-17-19(16,3)10-5-11-20(17,4)18(21)22/h16-19H,2-15,20H2,1H3,(H,27,28)(H2,25,26,29);6,8,12-13,17H,5,7,9-11H2,1-4H3,(H,21,22)/t;17-,19-,20+/m.1/s1. The van der Waals surface area contributed by atoms with Gasteiger partial charge in [-0.15, -0.1) is 0 Å². The van der Waals surface area contributed by atoms with Crippen molar-refractivity contribution >= 4 is 35.0 Å². The summed E-state index contributed by atoms with van der Waals surface area (Å²) in [4.78, 5) is 22.8. The van der Waals surface area contributed by atoms with E-state index in [4.69, 9.17) is 17.3 Å². The van der Waals surface area contributed by atoms with Crippen molar-refractivity contribution in [3.8, 4) is 0 Å². The predicted octanol–water partition coefficient (Wildman–Crippen LogP) is 12.1. The van der Waals surface area contributed by atoms with Gasteiger partial charge in [-0.2, -0.15) is 0 Å². The van der Waals surface area contributed by atoms with Gasteiger partial charge in [-0.05, 0) is 109 Å². The fraction of sp³-hybridized carbons (Fsp3) is 0.659. The van der Waals surface area contributed by atoms with Crippen molar-refractivity contribution < 1.29 is 19.8 Å². The maximum atomic E-state index is 11.9. The first kappa shape index (κ1) is 42.5. The highest BCUT2D eigenvalue weighted by molar-refractivity contribution is 7.80. The summed E-state index contributed by atoms with van der Waals surface area (Å²) in [6, 6.07) is 13.5. The van der Waals surface area contributed by atoms with Crippen LogP contribution in [-0.2, 0) is 16.6 Å². The fourth-order valence-electron chi connectivity index (χ4n) is 8.52. The molecule has 4 N–H and O–H groups in total. The van der Waals surface area contributed by atoms with E-state index >= 15 is 0 Å². The third-order valence-electron chi connectivity index (χ3n) is 11.7. The van der Waals surface area contributed by atoms with E-state index in [1.807, 2.05) is 6.92 Å². The molecule has 0 saturated heterocycles. The Morgan fingerprint density at radius 3 is 1.92 bits per heavy atom. The Morgan fingerprint density at radius 2 is 1.39 bits per heavy atom. The Labute approximate surface area is 315 Å². The minimum absolute atomic E-state index is 0.0223. The Bertz CT molecular complexity index is 1380. The monoisotopic (exact) mass is 720 g/mol. The topological polar surface area (TPSA) is 98.7 Å². The molecule has 4 rings (SSSR count). The molecule has 0 bridgehead atoms. The number of anilines is 1. The van der Waals surface area contributed by atoms with Gasteiger partial charge in [0, 0.05) is 12.2 Å². The van der Waals surface area contributed by atoms with Crippen LogP contribution < -0.4 is 10.6 Å². The first-order chi connectivity index (χ1) is 24.4. The minimum Gasteiger partial charge on any atom is -0.481 e. The Kier molecular flexibility index (Phi) is 18.0. The van der Waals surface area contributed by atoms with Gasteiger partial charge < -0.3 is 20.8 Å². The van der Waals surface area contributed by atoms with Crippen LogP contribution in [-0.4, -0.2) is 33.8 Å². The normalized spacial score (nSPS) is 20.8. The fourth-order valence-corrected chi connectivity index (χ4v) is 8.74. The zero-order valence-corrected chi connectivity index (χ0v) is 33.3. The highest BCUT2D eigenvalue weighted by atomic mass is 32.1. The zero-order chi connectivity index (χ0) is 37.3. The van der Waals surface area contributed by atoms with Crippen molar-refractivity contribution in [1.82, 2.24) is 5.32 Å². The second-order valence-electron chi connectivity index (χ2n) is 16.0. The average Bonchev–Trinajstić information content (AvgIpc) is 3.10. The predicted molar refractivity (Wildman–Crippen MR) is 217 cm³/mol. The van der Waals surface area contributed by atoms with Gasteiger partial charge in [-0.3, -0.25) is 4.79 Å². The summed E-state index contributed by atoms with van der Waals surface area (Å²) in [6.45, 7) is 11.9. The highest BCUT2D eigenvalue weighted by Crippen LogP contribution is 2.57. The molecule has 3 atom stereocenters. The number of aromatic carboxylic acids is 1. The van der Waals surface area contributed by atoms with Crippen LogP contribution in [0.3, 0.4) is 0 Å². The number of nitrogens with one attached hydrogen (secondary N) is 2. The number of rotatable bonds is 19. The largest absolute Gasteiger partial charge is 0.481 e. The number of carboxylic acid groups (broad SMARTS) is 2. The van der Waals surface area contributed by atoms with Gasteiger partial charge in [0.15, 0.2) is 5.11 Å². The quantitative estimate of drug-likeness (QED) is 0.0847. The molecule has 284 valence electrons. The molecule has 6 nitrogen and oxygen atoms in total. The summed E-state index contributed by atoms with van der Waals surface area (Å²) in [5, 5.41) is 25.6. The van der Waals surface area contributed by atoms with E-state index in [9.17, 15) is 14.7 Å². The summed E-state index contributed by atoms with van der Waals surface area (Å²) >= 11 is 5.28. The van der Waals surface area contributed by atoms with Crippen LogP contribution in [0.15, 0.2) is 42.5 Å². The molecule has 0 amide bonds. The molecule has 0 unspecified atom stereocenters. The lowest BCUT2D eigenvalue weighted by Crippen LogP contribution is -2.52. The molecule has 1 saturated carbocycles. The van der Waals surface area contributed by atoms with Gasteiger partial charge >= 0.3 is 11.9 Å². The minimum atomic E-state index is -0.921. The summed E-state index contributed by atoms with van der Waals surface area (Å²) in [6.07, 6.45) is 24.0. The molecule has 51 heavy (non-hydrogen) atoms. The summed E-state index contributed by atoms with van der Waals surface area (Å²) in [7, 11) is 0. The van der Waals surface area contributed by atoms with E-state index in [-0.39, 0.29) is 16.9 Å². The van der Waals surface area contributed by atoms with Gasteiger partial charge in [0.2, 0.25) is 0 Å². The Morgan fingerprint density at radius 1 is 0.824 bits per heavy atom. The average molecular weight is 721 g/mol. The lowest BCUT2D eigenvalue weighted by molar-refractivity contribution is -0.157. The second-order valence-corrected chi connectivity index (χ2v) is 16.4. The number of aryl methyl sites for hydroxylation is 1. The van der Waals surface area contributed by atoms with Crippen molar-refractivity contribution in [1.29, 1.82) is 0 Å². The number of fused-ring (bicyclic) bond motifs is 3. The van der Waals surface area contributed by atoms with E-state index in [1.165, 1.54) is 100 Å².